The van der Waals surface area contributed by atoms with Crippen LogP contribution < -0.4 is 9.46 Å². The second-order valence-electron chi connectivity index (χ2n) is 5.91. The van der Waals surface area contributed by atoms with Crippen LogP contribution in [-0.2, 0) is 11.3 Å². The maximum Gasteiger partial charge on any atom is 0.259 e. The number of hydrogen-bond donors (Lipinski definition) is 2. The van der Waals surface area contributed by atoms with Crippen LogP contribution in [0.15, 0.2) is 41.4 Å². The number of rotatable bonds is 5. The summed E-state index contributed by atoms with van der Waals surface area (Å²) in [6.45, 7) is 3.93. The summed E-state index contributed by atoms with van der Waals surface area (Å²) in [5, 5.41) is 0.319. The number of fused-ring (bicyclic) bond motifs is 1. The van der Waals surface area contributed by atoms with E-state index in [-0.39, 0.29) is 5.82 Å². The van der Waals surface area contributed by atoms with Gasteiger partial charge in [-0.1, -0.05) is 25.4 Å². The molecule has 1 unspecified atom stereocenters. The average Bonchev–Trinajstić information content (AvgIpc) is 2.60. The summed E-state index contributed by atoms with van der Waals surface area (Å²) in [5.41, 5.74) is 1.48. The van der Waals surface area contributed by atoms with Crippen LogP contribution in [0.1, 0.15) is 37.8 Å². The number of nitrogens with zero attached hydrogens (tertiary/aromatic N) is 1. The summed E-state index contributed by atoms with van der Waals surface area (Å²) in [5.74, 6) is 0.124. The van der Waals surface area contributed by atoms with Gasteiger partial charge in [-0.05, 0) is 30.3 Å². The third-order valence-corrected chi connectivity index (χ3v) is 5.04. The van der Waals surface area contributed by atoms with Crippen molar-refractivity contribution in [3.05, 3.63) is 58.4 Å². The molecule has 138 valence electrons. The smallest absolute Gasteiger partial charge is 0.259 e. The summed E-state index contributed by atoms with van der Waals surface area (Å²) in [4.78, 5) is 4.80. The predicted octanol–water partition coefficient (Wildman–Crippen LogP) is 4.77. The van der Waals surface area contributed by atoms with Crippen molar-refractivity contribution in [2.45, 2.75) is 32.4 Å². The zero-order valence-corrected chi connectivity index (χ0v) is 15.8. The molecule has 1 atom stereocenters. The van der Waals surface area contributed by atoms with E-state index < -0.39 is 17.0 Å². The van der Waals surface area contributed by atoms with E-state index in [2.05, 4.69) is 4.72 Å². The van der Waals surface area contributed by atoms with Gasteiger partial charge in [0.2, 0.25) is 0 Å². The van der Waals surface area contributed by atoms with Crippen molar-refractivity contribution in [1.82, 2.24) is 0 Å². The monoisotopic (exact) mass is 396 g/mol. The molecule has 0 saturated carbocycles. The standard InChI is InChI=1S/C18H18ClFN2O3S/c1-3-18(4-2)21-17(11-5-7-12(20)8-6-11)16-14(19)9-13(22-26(23)24)10-15(16)25-18/h5-10,22H,3-4H2,1-2H3,(H,23,24). The predicted molar refractivity (Wildman–Crippen MR) is 102 cm³/mol. The molecule has 0 aliphatic carbocycles. The highest BCUT2D eigenvalue weighted by Gasteiger charge is 2.36. The topological polar surface area (TPSA) is 70.9 Å². The fourth-order valence-electron chi connectivity index (χ4n) is 2.91. The largest absolute Gasteiger partial charge is 0.465 e. The second-order valence-corrected chi connectivity index (χ2v) is 7.01. The number of halogens is 2. The average molecular weight is 397 g/mol. The van der Waals surface area contributed by atoms with Gasteiger partial charge in [-0.2, -0.15) is 0 Å². The minimum absolute atomic E-state index is 0.319. The van der Waals surface area contributed by atoms with Gasteiger partial charge in [0.25, 0.3) is 11.3 Å². The van der Waals surface area contributed by atoms with Crippen LogP contribution in [0.2, 0.25) is 5.02 Å². The van der Waals surface area contributed by atoms with E-state index in [9.17, 15) is 8.60 Å². The number of benzene rings is 2. The lowest BCUT2D eigenvalue weighted by Crippen LogP contribution is -2.37. The highest BCUT2D eigenvalue weighted by molar-refractivity contribution is 7.80. The molecule has 1 aliphatic rings. The minimum atomic E-state index is -2.23. The van der Waals surface area contributed by atoms with Crippen LogP contribution in [0.25, 0.3) is 0 Å². The number of anilines is 1. The molecular weight excluding hydrogens is 379 g/mol. The number of ether oxygens (including phenoxy) is 1. The molecule has 0 aromatic heterocycles. The molecule has 2 aromatic rings. The Morgan fingerprint density at radius 2 is 1.92 bits per heavy atom. The molecule has 1 heterocycles. The Hall–Kier alpha value is -1.96. The molecule has 5 nitrogen and oxygen atoms in total. The summed E-state index contributed by atoms with van der Waals surface area (Å²) < 4.78 is 42.0. The molecular formula is C18H18ClFN2O3S. The summed E-state index contributed by atoms with van der Waals surface area (Å²) in [6.07, 6.45) is 1.24. The maximum atomic E-state index is 13.3. The van der Waals surface area contributed by atoms with E-state index in [4.69, 9.17) is 25.9 Å². The lowest BCUT2D eigenvalue weighted by Gasteiger charge is -2.35. The Bertz CT molecular complexity index is 883. The van der Waals surface area contributed by atoms with Crippen molar-refractivity contribution in [3.8, 4) is 5.75 Å². The summed E-state index contributed by atoms with van der Waals surface area (Å²) >= 11 is 4.20. The first-order valence-corrected chi connectivity index (χ1v) is 9.62. The molecule has 2 N–H and O–H groups in total. The van der Waals surface area contributed by atoms with Crippen molar-refractivity contribution >= 4 is 34.3 Å². The van der Waals surface area contributed by atoms with Crippen molar-refractivity contribution < 1.29 is 17.9 Å². The van der Waals surface area contributed by atoms with Crippen LogP contribution in [0.4, 0.5) is 10.1 Å². The zero-order chi connectivity index (χ0) is 18.9. The molecule has 26 heavy (non-hydrogen) atoms. The van der Waals surface area contributed by atoms with Gasteiger partial charge in [-0.25, -0.2) is 13.6 Å². The third kappa shape index (κ3) is 3.60. The molecule has 0 bridgehead atoms. The van der Waals surface area contributed by atoms with E-state index >= 15 is 0 Å². The summed E-state index contributed by atoms with van der Waals surface area (Å²) in [7, 11) is 0. The normalized spacial score (nSPS) is 16.3. The molecule has 0 amide bonds. The quantitative estimate of drug-likeness (QED) is 0.715. The first-order valence-electron chi connectivity index (χ1n) is 8.13. The van der Waals surface area contributed by atoms with Crippen molar-refractivity contribution in [1.29, 1.82) is 0 Å². The van der Waals surface area contributed by atoms with Crippen molar-refractivity contribution in [2.24, 2.45) is 4.99 Å². The van der Waals surface area contributed by atoms with Gasteiger partial charge in [0.15, 0.2) is 5.72 Å². The first kappa shape index (κ1) is 18.8. The number of aliphatic imine (C=N–C) groups is 1. The Labute approximate surface area is 158 Å². The molecule has 2 aromatic carbocycles. The van der Waals surface area contributed by atoms with Gasteiger partial charge < -0.3 is 4.74 Å². The van der Waals surface area contributed by atoms with Gasteiger partial charge in [0, 0.05) is 24.5 Å². The zero-order valence-electron chi connectivity index (χ0n) is 14.3. The Kier molecular flexibility index (Phi) is 5.32. The fourth-order valence-corrected chi connectivity index (χ4v) is 3.53. The van der Waals surface area contributed by atoms with E-state index in [0.717, 1.165) is 5.56 Å². The van der Waals surface area contributed by atoms with Gasteiger partial charge in [-0.3, -0.25) is 9.27 Å². The third-order valence-electron chi connectivity index (χ3n) is 4.33. The molecule has 0 fully saturated rings. The SMILES string of the molecule is CCC1(CC)N=C(c2ccc(F)cc2)c2c(Cl)cc(NS(=O)O)cc2O1. The minimum Gasteiger partial charge on any atom is -0.465 e. The van der Waals surface area contributed by atoms with Gasteiger partial charge >= 0.3 is 0 Å². The van der Waals surface area contributed by atoms with E-state index in [0.29, 0.717) is 40.6 Å². The van der Waals surface area contributed by atoms with E-state index in [1.54, 1.807) is 18.2 Å². The lowest BCUT2D eigenvalue weighted by atomic mass is 9.96. The lowest BCUT2D eigenvalue weighted by molar-refractivity contribution is 0.0660. The summed E-state index contributed by atoms with van der Waals surface area (Å²) in [6, 6.07) is 9.17. The highest BCUT2D eigenvalue weighted by Crippen LogP contribution is 2.41. The fraction of sp³-hybridized carbons (Fsp3) is 0.278. The van der Waals surface area contributed by atoms with Crippen molar-refractivity contribution in [3.63, 3.8) is 0 Å². The maximum absolute atomic E-state index is 13.3. The molecule has 8 heteroatoms. The van der Waals surface area contributed by atoms with Gasteiger partial charge in [0.05, 0.1) is 22.0 Å². The Morgan fingerprint density at radius 1 is 1.27 bits per heavy atom. The molecule has 1 aliphatic heterocycles. The van der Waals surface area contributed by atoms with Crippen LogP contribution in [0, 0.1) is 5.82 Å². The molecule has 0 saturated heterocycles. The molecule has 3 rings (SSSR count). The van der Waals surface area contributed by atoms with Gasteiger partial charge in [0.1, 0.15) is 11.6 Å². The van der Waals surface area contributed by atoms with Crippen molar-refractivity contribution in [2.75, 3.05) is 4.72 Å². The Balaban J connectivity index is 2.20. The van der Waals surface area contributed by atoms with Crippen LogP contribution in [0.5, 0.6) is 5.75 Å². The Morgan fingerprint density at radius 3 is 2.50 bits per heavy atom. The van der Waals surface area contributed by atoms with Crippen LogP contribution >= 0.6 is 11.6 Å². The second kappa shape index (κ2) is 7.34. The van der Waals surface area contributed by atoms with E-state index in [1.807, 2.05) is 13.8 Å². The van der Waals surface area contributed by atoms with E-state index in [1.165, 1.54) is 18.2 Å². The number of hydrogen-bond acceptors (Lipinski definition) is 3. The number of nitrogens with one attached hydrogen (secondary N) is 1. The van der Waals surface area contributed by atoms with Crippen LogP contribution in [0.3, 0.4) is 0 Å². The first-order chi connectivity index (χ1) is 12.4. The highest BCUT2D eigenvalue weighted by atomic mass is 35.5. The molecule has 0 spiro atoms. The molecule has 0 radical (unpaired) electrons. The van der Waals surface area contributed by atoms with Gasteiger partial charge in [-0.15, -0.1) is 0 Å². The van der Waals surface area contributed by atoms with Crippen LogP contribution in [-0.4, -0.2) is 20.2 Å².